The van der Waals surface area contributed by atoms with Crippen molar-refractivity contribution in [3.05, 3.63) is 107 Å². The quantitative estimate of drug-likeness (QED) is 0.367. The van der Waals surface area contributed by atoms with Gasteiger partial charge in [-0.05, 0) is 48.4 Å². The Hall–Kier alpha value is -3.40. The van der Waals surface area contributed by atoms with Gasteiger partial charge in [-0.25, -0.2) is 0 Å². The van der Waals surface area contributed by atoms with Crippen molar-refractivity contribution in [3.8, 4) is 0 Å². The third-order valence-corrected chi connectivity index (χ3v) is 6.53. The molecule has 0 aromatic heterocycles. The molecule has 2 atom stereocenters. The van der Waals surface area contributed by atoms with Crippen LogP contribution in [0.5, 0.6) is 0 Å². The highest BCUT2D eigenvalue weighted by Crippen LogP contribution is 2.17. The van der Waals surface area contributed by atoms with Crippen LogP contribution in [-0.4, -0.2) is 28.8 Å². The molecule has 2 amide bonds. The van der Waals surface area contributed by atoms with E-state index in [-0.39, 0.29) is 17.9 Å². The monoisotopic (exact) mass is 470 g/mol. The number of benzene rings is 3. The average molecular weight is 471 g/mol. The highest BCUT2D eigenvalue weighted by atomic mass is 16.2. The number of aryl methyl sites for hydroxylation is 2. The van der Waals surface area contributed by atoms with Crippen molar-refractivity contribution in [2.24, 2.45) is 0 Å². The molecule has 0 saturated carbocycles. The SMILES string of the molecule is CCc1ccc(CCC(=O)N(Cc2ccccc2)C(Cc2ccccc2)C(=O)NC(C)CC)cc1. The summed E-state index contributed by atoms with van der Waals surface area (Å²) < 4.78 is 0. The molecule has 0 saturated heterocycles. The highest BCUT2D eigenvalue weighted by Gasteiger charge is 2.30. The molecule has 4 nitrogen and oxygen atoms in total. The normalized spacial score (nSPS) is 12.5. The zero-order valence-corrected chi connectivity index (χ0v) is 21.2. The van der Waals surface area contributed by atoms with Crippen LogP contribution in [0.3, 0.4) is 0 Å². The van der Waals surface area contributed by atoms with Gasteiger partial charge in [-0.3, -0.25) is 9.59 Å². The van der Waals surface area contributed by atoms with Crippen LogP contribution in [0.25, 0.3) is 0 Å². The maximum absolute atomic E-state index is 13.7. The summed E-state index contributed by atoms with van der Waals surface area (Å²) in [6.07, 6.45) is 3.33. The maximum Gasteiger partial charge on any atom is 0.243 e. The third-order valence-electron chi connectivity index (χ3n) is 6.53. The van der Waals surface area contributed by atoms with E-state index in [0.29, 0.717) is 25.8 Å². The highest BCUT2D eigenvalue weighted by molar-refractivity contribution is 5.88. The number of hydrogen-bond donors (Lipinski definition) is 1. The van der Waals surface area contributed by atoms with Crippen LogP contribution >= 0.6 is 0 Å². The molecule has 2 unspecified atom stereocenters. The van der Waals surface area contributed by atoms with E-state index in [4.69, 9.17) is 0 Å². The van der Waals surface area contributed by atoms with Crippen LogP contribution in [-0.2, 0) is 35.4 Å². The second kappa shape index (κ2) is 13.5. The Kier molecular flexibility index (Phi) is 10.1. The number of amides is 2. The number of nitrogens with one attached hydrogen (secondary N) is 1. The summed E-state index contributed by atoms with van der Waals surface area (Å²) in [6.45, 7) is 6.59. The predicted octanol–water partition coefficient (Wildman–Crippen LogP) is 5.74. The lowest BCUT2D eigenvalue weighted by atomic mass is 10.0. The van der Waals surface area contributed by atoms with Gasteiger partial charge in [0.2, 0.25) is 11.8 Å². The van der Waals surface area contributed by atoms with E-state index >= 15 is 0 Å². The molecule has 1 N–H and O–H groups in total. The van der Waals surface area contributed by atoms with E-state index in [2.05, 4.69) is 36.5 Å². The molecule has 184 valence electrons. The topological polar surface area (TPSA) is 49.4 Å². The molecule has 3 aromatic rings. The van der Waals surface area contributed by atoms with Crippen LogP contribution in [0, 0.1) is 0 Å². The fraction of sp³-hybridized carbons (Fsp3) is 0.355. The molecule has 0 aliphatic heterocycles. The summed E-state index contributed by atoms with van der Waals surface area (Å²) in [5, 5.41) is 3.12. The molecule has 0 aliphatic carbocycles. The molecule has 3 rings (SSSR count). The molecule has 0 spiro atoms. The Morgan fingerprint density at radius 2 is 1.34 bits per heavy atom. The predicted molar refractivity (Wildman–Crippen MR) is 143 cm³/mol. The number of hydrogen-bond acceptors (Lipinski definition) is 2. The Balaban J connectivity index is 1.86. The zero-order chi connectivity index (χ0) is 25.0. The lowest BCUT2D eigenvalue weighted by molar-refractivity contribution is -0.141. The molecule has 0 heterocycles. The minimum Gasteiger partial charge on any atom is -0.352 e. The number of rotatable bonds is 12. The van der Waals surface area contributed by atoms with Gasteiger partial charge in [0.05, 0.1) is 0 Å². The zero-order valence-electron chi connectivity index (χ0n) is 21.2. The molecule has 3 aromatic carbocycles. The smallest absolute Gasteiger partial charge is 0.243 e. The summed E-state index contributed by atoms with van der Waals surface area (Å²) in [6, 6.07) is 27.8. The van der Waals surface area contributed by atoms with Crippen molar-refractivity contribution in [2.45, 2.75) is 71.5 Å². The first-order chi connectivity index (χ1) is 17.0. The van der Waals surface area contributed by atoms with Crippen LogP contribution in [0.4, 0.5) is 0 Å². The molecule has 0 bridgehead atoms. The van der Waals surface area contributed by atoms with Gasteiger partial charge in [-0.2, -0.15) is 0 Å². The van der Waals surface area contributed by atoms with Crippen molar-refractivity contribution < 1.29 is 9.59 Å². The van der Waals surface area contributed by atoms with Gasteiger partial charge >= 0.3 is 0 Å². The summed E-state index contributed by atoms with van der Waals surface area (Å²) in [5.74, 6) is -0.103. The van der Waals surface area contributed by atoms with Gasteiger partial charge in [0.1, 0.15) is 6.04 Å². The fourth-order valence-corrected chi connectivity index (χ4v) is 4.11. The maximum atomic E-state index is 13.7. The van der Waals surface area contributed by atoms with Crippen LogP contribution in [0.2, 0.25) is 0 Å². The Morgan fingerprint density at radius 1 is 0.771 bits per heavy atom. The second-order valence-corrected chi connectivity index (χ2v) is 9.20. The Bertz CT molecular complexity index is 1050. The summed E-state index contributed by atoms with van der Waals surface area (Å²) in [5.41, 5.74) is 4.48. The number of carbonyl (C=O) groups is 2. The van der Waals surface area contributed by atoms with Crippen LogP contribution in [0.1, 0.15) is 55.9 Å². The van der Waals surface area contributed by atoms with E-state index in [1.807, 2.05) is 74.5 Å². The summed E-state index contributed by atoms with van der Waals surface area (Å²) >= 11 is 0. The Labute approximate surface area is 210 Å². The first kappa shape index (κ1) is 26.2. The minimum absolute atomic E-state index is 0.00588. The largest absolute Gasteiger partial charge is 0.352 e. The van der Waals surface area contributed by atoms with Crippen molar-refractivity contribution in [2.75, 3.05) is 0 Å². The number of nitrogens with zero attached hydrogens (tertiary/aromatic N) is 1. The van der Waals surface area contributed by atoms with E-state index < -0.39 is 6.04 Å². The van der Waals surface area contributed by atoms with E-state index in [9.17, 15) is 9.59 Å². The lowest BCUT2D eigenvalue weighted by Crippen LogP contribution is -2.52. The standard InChI is InChI=1S/C31H38N2O2/c1-4-24(3)32-31(35)29(22-27-12-8-6-9-13-27)33(23-28-14-10-7-11-15-28)30(34)21-20-26-18-16-25(5-2)17-19-26/h6-19,24,29H,4-5,20-23H2,1-3H3,(H,32,35). The molecular formula is C31H38N2O2. The summed E-state index contributed by atoms with van der Waals surface area (Å²) in [7, 11) is 0. The molecule has 0 radical (unpaired) electrons. The first-order valence-electron chi connectivity index (χ1n) is 12.8. The average Bonchev–Trinajstić information content (AvgIpc) is 2.90. The van der Waals surface area contributed by atoms with Crippen LogP contribution in [0.15, 0.2) is 84.9 Å². The van der Waals surface area contributed by atoms with E-state index in [1.165, 1.54) is 5.56 Å². The van der Waals surface area contributed by atoms with E-state index in [0.717, 1.165) is 29.5 Å². The lowest BCUT2D eigenvalue weighted by Gasteiger charge is -2.32. The fourth-order valence-electron chi connectivity index (χ4n) is 4.11. The van der Waals surface area contributed by atoms with Gasteiger partial charge in [-0.1, -0.05) is 98.8 Å². The van der Waals surface area contributed by atoms with Crippen molar-refractivity contribution >= 4 is 11.8 Å². The molecular weight excluding hydrogens is 432 g/mol. The van der Waals surface area contributed by atoms with Gasteiger partial charge in [0.15, 0.2) is 0 Å². The molecule has 0 aliphatic rings. The van der Waals surface area contributed by atoms with Gasteiger partial charge < -0.3 is 10.2 Å². The number of carbonyl (C=O) groups excluding carboxylic acids is 2. The second-order valence-electron chi connectivity index (χ2n) is 9.20. The molecule has 0 fully saturated rings. The van der Waals surface area contributed by atoms with Crippen LogP contribution < -0.4 is 5.32 Å². The van der Waals surface area contributed by atoms with Gasteiger partial charge in [0, 0.05) is 25.4 Å². The third kappa shape index (κ3) is 8.10. The van der Waals surface area contributed by atoms with Crippen molar-refractivity contribution in [3.63, 3.8) is 0 Å². The Morgan fingerprint density at radius 3 is 1.91 bits per heavy atom. The van der Waals surface area contributed by atoms with Crippen molar-refractivity contribution in [1.29, 1.82) is 0 Å². The molecule has 35 heavy (non-hydrogen) atoms. The van der Waals surface area contributed by atoms with Crippen molar-refractivity contribution in [1.82, 2.24) is 10.2 Å². The first-order valence-corrected chi connectivity index (χ1v) is 12.8. The van der Waals surface area contributed by atoms with E-state index in [1.54, 1.807) is 4.90 Å². The van der Waals surface area contributed by atoms with Gasteiger partial charge in [-0.15, -0.1) is 0 Å². The summed E-state index contributed by atoms with van der Waals surface area (Å²) in [4.78, 5) is 29.0. The minimum atomic E-state index is -0.582. The van der Waals surface area contributed by atoms with Gasteiger partial charge in [0.25, 0.3) is 0 Å². The molecule has 4 heteroatoms.